The molecule has 1 saturated heterocycles. The maximum absolute atomic E-state index is 5.94. The Morgan fingerprint density at radius 2 is 2.00 bits per heavy atom. The summed E-state index contributed by atoms with van der Waals surface area (Å²) in [7, 11) is 0. The molecule has 3 nitrogen and oxygen atoms in total. The first-order valence-electron chi connectivity index (χ1n) is 7.58. The van der Waals surface area contributed by atoms with E-state index in [1.165, 1.54) is 11.1 Å². The standard InChI is InChI=1S/C18H20BrNO2/c19-18-15(11-20-16-9-10-21-13-16)7-4-8-17(18)22-12-14-5-2-1-3-6-14/h1-8,16,20H,9-13H2. The Morgan fingerprint density at radius 1 is 1.14 bits per heavy atom. The van der Waals surface area contributed by atoms with Gasteiger partial charge in [-0.05, 0) is 39.5 Å². The van der Waals surface area contributed by atoms with E-state index in [1.807, 2.05) is 30.3 Å². The molecule has 2 aromatic carbocycles. The zero-order valence-corrected chi connectivity index (χ0v) is 14.0. The Bertz CT molecular complexity index is 597. The third-order valence-electron chi connectivity index (χ3n) is 3.79. The number of rotatable bonds is 6. The predicted octanol–water partition coefficient (Wildman–Crippen LogP) is 3.91. The van der Waals surface area contributed by atoms with Crippen LogP contribution in [0.25, 0.3) is 0 Å². The summed E-state index contributed by atoms with van der Waals surface area (Å²) in [5.41, 5.74) is 2.37. The molecule has 0 saturated carbocycles. The molecule has 4 heteroatoms. The summed E-state index contributed by atoms with van der Waals surface area (Å²) < 4.78 is 12.3. The largest absolute Gasteiger partial charge is 0.488 e. The lowest BCUT2D eigenvalue weighted by atomic mass is 10.2. The van der Waals surface area contributed by atoms with Crippen molar-refractivity contribution < 1.29 is 9.47 Å². The first-order valence-corrected chi connectivity index (χ1v) is 8.37. The molecule has 1 unspecified atom stereocenters. The van der Waals surface area contributed by atoms with Crippen molar-refractivity contribution in [1.29, 1.82) is 0 Å². The molecule has 0 aliphatic carbocycles. The van der Waals surface area contributed by atoms with E-state index in [1.54, 1.807) is 0 Å². The summed E-state index contributed by atoms with van der Waals surface area (Å²) >= 11 is 3.67. The van der Waals surface area contributed by atoms with E-state index in [4.69, 9.17) is 9.47 Å². The fourth-order valence-electron chi connectivity index (χ4n) is 2.49. The third-order valence-corrected chi connectivity index (χ3v) is 4.69. The molecule has 0 amide bonds. The lowest BCUT2D eigenvalue weighted by Crippen LogP contribution is -2.28. The minimum Gasteiger partial charge on any atom is -0.488 e. The quantitative estimate of drug-likeness (QED) is 0.845. The van der Waals surface area contributed by atoms with Crippen LogP contribution in [0, 0.1) is 0 Å². The summed E-state index contributed by atoms with van der Waals surface area (Å²) in [6, 6.07) is 16.8. The molecule has 1 aliphatic rings. The highest BCUT2D eigenvalue weighted by atomic mass is 79.9. The summed E-state index contributed by atoms with van der Waals surface area (Å²) in [6.07, 6.45) is 1.09. The van der Waals surface area contributed by atoms with Crippen molar-refractivity contribution in [3.8, 4) is 5.75 Å². The number of hydrogen-bond acceptors (Lipinski definition) is 3. The highest BCUT2D eigenvalue weighted by molar-refractivity contribution is 9.10. The summed E-state index contributed by atoms with van der Waals surface area (Å²) in [5.74, 6) is 0.880. The van der Waals surface area contributed by atoms with Gasteiger partial charge in [-0.3, -0.25) is 0 Å². The zero-order chi connectivity index (χ0) is 15.2. The average Bonchev–Trinajstić information content (AvgIpc) is 3.07. The number of benzene rings is 2. The van der Waals surface area contributed by atoms with Gasteiger partial charge in [0.2, 0.25) is 0 Å². The second-order valence-corrected chi connectivity index (χ2v) is 6.24. The molecule has 1 fully saturated rings. The smallest absolute Gasteiger partial charge is 0.134 e. The highest BCUT2D eigenvalue weighted by Gasteiger charge is 2.15. The molecule has 1 heterocycles. The van der Waals surface area contributed by atoms with Crippen molar-refractivity contribution in [3.05, 3.63) is 64.1 Å². The van der Waals surface area contributed by atoms with Crippen molar-refractivity contribution in [2.24, 2.45) is 0 Å². The second kappa shape index (κ2) is 7.77. The number of ether oxygens (including phenoxy) is 2. The van der Waals surface area contributed by atoms with Crippen LogP contribution < -0.4 is 10.1 Å². The number of hydrogen-bond donors (Lipinski definition) is 1. The Balaban J connectivity index is 1.61. The van der Waals surface area contributed by atoms with Gasteiger partial charge in [0.1, 0.15) is 12.4 Å². The molecule has 1 aliphatic heterocycles. The Labute approximate surface area is 139 Å². The van der Waals surface area contributed by atoms with E-state index in [0.717, 1.165) is 36.4 Å². The van der Waals surface area contributed by atoms with Gasteiger partial charge in [0.15, 0.2) is 0 Å². The summed E-state index contributed by atoms with van der Waals surface area (Å²) in [6.45, 7) is 3.06. The minimum atomic E-state index is 0.459. The second-order valence-electron chi connectivity index (χ2n) is 5.44. The van der Waals surface area contributed by atoms with Crippen LogP contribution in [0.1, 0.15) is 17.5 Å². The van der Waals surface area contributed by atoms with Crippen LogP contribution in [-0.2, 0) is 17.9 Å². The minimum absolute atomic E-state index is 0.459. The zero-order valence-electron chi connectivity index (χ0n) is 12.4. The molecule has 3 rings (SSSR count). The molecule has 1 N–H and O–H groups in total. The van der Waals surface area contributed by atoms with Gasteiger partial charge in [0.05, 0.1) is 11.1 Å². The Kier molecular flexibility index (Phi) is 5.48. The molecule has 0 aromatic heterocycles. The SMILES string of the molecule is Brc1c(CNC2CCOC2)cccc1OCc1ccccc1. The van der Waals surface area contributed by atoms with Crippen LogP contribution in [0.4, 0.5) is 0 Å². The van der Waals surface area contributed by atoms with Crippen molar-refractivity contribution in [2.45, 2.75) is 25.6 Å². The van der Waals surface area contributed by atoms with Crippen LogP contribution in [0.3, 0.4) is 0 Å². The van der Waals surface area contributed by atoms with Crippen LogP contribution in [0.15, 0.2) is 53.0 Å². The van der Waals surface area contributed by atoms with E-state index < -0.39 is 0 Å². The van der Waals surface area contributed by atoms with Crippen LogP contribution in [0.2, 0.25) is 0 Å². The van der Waals surface area contributed by atoms with E-state index in [9.17, 15) is 0 Å². The maximum atomic E-state index is 5.94. The van der Waals surface area contributed by atoms with Gasteiger partial charge >= 0.3 is 0 Å². The molecule has 116 valence electrons. The van der Waals surface area contributed by atoms with Crippen LogP contribution in [0.5, 0.6) is 5.75 Å². The van der Waals surface area contributed by atoms with Crippen molar-refractivity contribution >= 4 is 15.9 Å². The van der Waals surface area contributed by atoms with E-state index in [2.05, 4.69) is 39.4 Å². The van der Waals surface area contributed by atoms with E-state index in [-0.39, 0.29) is 0 Å². The van der Waals surface area contributed by atoms with Crippen molar-refractivity contribution in [3.63, 3.8) is 0 Å². The molecule has 0 bridgehead atoms. The maximum Gasteiger partial charge on any atom is 0.134 e. The van der Waals surface area contributed by atoms with Gasteiger partial charge in [-0.25, -0.2) is 0 Å². The summed E-state index contributed by atoms with van der Waals surface area (Å²) in [4.78, 5) is 0. The predicted molar refractivity (Wildman–Crippen MR) is 91.0 cm³/mol. The van der Waals surface area contributed by atoms with Gasteiger partial charge in [-0.2, -0.15) is 0 Å². The summed E-state index contributed by atoms with van der Waals surface area (Å²) in [5, 5.41) is 3.53. The lowest BCUT2D eigenvalue weighted by Gasteiger charge is -2.14. The van der Waals surface area contributed by atoms with E-state index in [0.29, 0.717) is 12.6 Å². The Morgan fingerprint density at radius 3 is 2.77 bits per heavy atom. The molecule has 1 atom stereocenters. The fraction of sp³-hybridized carbons (Fsp3) is 0.333. The normalized spacial score (nSPS) is 17.6. The number of halogens is 1. The molecular weight excluding hydrogens is 342 g/mol. The average molecular weight is 362 g/mol. The van der Waals surface area contributed by atoms with Gasteiger partial charge in [0.25, 0.3) is 0 Å². The van der Waals surface area contributed by atoms with Gasteiger partial charge in [0, 0.05) is 19.2 Å². The first-order chi connectivity index (χ1) is 10.8. The molecule has 22 heavy (non-hydrogen) atoms. The Hall–Kier alpha value is -1.36. The van der Waals surface area contributed by atoms with Crippen LogP contribution >= 0.6 is 15.9 Å². The van der Waals surface area contributed by atoms with Gasteiger partial charge in [-0.15, -0.1) is 0 Å². The molecular formula is C18H20BrNO2. The highest BCUT2D eigenvalue weighted by Crippen LogP contribution is 2.29. The van der Waals surface area contributed by atoms with E-state index >= 15 is 0 Å². The lowest BCUT2D eigenvalue weighted by molar-refractivity contribution is 0.190. The monoisotopic (exact) mass is 361 g/mol. The van der Waals surface area contributed by atoms with Crippen LogP contribution in [-0.4, -0.2) is 19.3 Å². The van der Waals surface area contributed by atoms with Crippen molar-refractivity contribution in [1.82, 2.24) is 5.32 Å². The fourth-order valence-corrected chi connectivity index (χ4v) is 3.01. The third kappa shape index (κ3) is 4.09. The molecule has 0 radical (unpaired) electrons. The molecule has 2 aromatic rings. The van der Waals surface area contributed by atoms with Gasteiger partial charge < -0.3 is 14.8 Å². The topological polar surface area (TPSA) is 30.5 Å². The number of nitrogens with one attached hydrogen (secondary N) is 1. The van der Waals surface area contributed by atoms with Gasteiger partial charge in [-0.1, -0.05) is 42.5 Å². The van der Waals surface area contributed by atoms with Crippen molar-refractivity contribution in [2.75, 3.05) is 13.2 Å². The first kappa shape index (κ1) is 15.5. The molecule has 0 spiro atoms.